The molecule has 39 heavy (non-hydrogen) atoms. The summed E-state index contributed by atoms with van der Waals surface area (Å²) in [6.07, 6.45) is 3.53. The molecule has 0 saturated heterocycles. The molecule has 10 nitrogen and oxygen atoms in total. The molecule has 2 aromatic heterocycles. The van der Waals surface area contributed by atoms with Crippen LogP contribution in [0.15, 0.2) is 30.5 Å². The molecule has 1 saturated carbocycles. The van der Waals surface area contributed by atoms with Gasteiger partial charge in [-0.3, -0.25) is 14.8 Å². The van der Waals surface area contributed by atoms with Gasteiger partial charge in [-0.2, -0.15) is 5.10 Å². The largest absolute Gasteiger partial charge is 0.481 e. The molecule has 1 amide bonds. The highest BCUT2D eigenvalue weighted by atomic mass is 19.1. The summed E-state index contributed by atoms with van der Waals surface area (Å²) in [7, 11) is 1.35. The highest BCUT2D eigenvalue weighted by molar-refractivity contribution is 5.95. The molecule has 11 heteroatoms. The zero-order valence-electron chi connectivity index (χ0n) is 21.7. The Morgan fingerprint density at radius 1 is 1.23 bits per heavy atom. The maximum atomic E-state index is 14.6. The summed E-state index contributed by atoms with van der Waals surface area (Å²) in [4.78, 5) is 31.1. The van der Waals surface area contributed by atoms with Crippen LogP contribution < -0.4 is 4.90 Å². The number of rotatable bonds is 4. The Balaban J connectivity index is 1.57. The second-order valence-electron chi connectivity index (χ2n) is 10.6. The van der Waals surface area contributed by atoms with Gasteiger partial charge in [0.1, 0.15) is 17.7 Å². The molecule has 1 fully saturated rings. The molecule has 3 N–H and O–H groups in total. The van der Waals surface area contributed by atoms with Gasteiger partial charge in [-0.05, 0) is 63.3 Å². The third kappa shape index (κ3) is 4.12. The summed E-state index contributed by atoms with van der Waals surface area (Å²) < 4.78 is 21.6. The summed E-state index contributed by atoms with van der Waals surface area (Å²) in [6, 6.07) is 6.06. The van der Waals surface area contributed by atoms with Crippen molar-refractivity contribution in [1.82, 2.24) is 19.7 Å². The van der Waals surface area contributed by atoms with E-state index in [1.54, 1.807) is 4.90 Å². The number of imidazole rings is 1. The molecule has 0 unspecified atom stereocenters. The van der Waals surface area contributed by atoms with Crippen molar-refractivity contribution in [2.75, 3.05) is 12.0 Å². The van der Waals surface area contributed by atoms with Crippen LogP contribution in [0.3, 0.4) is 0 Å². The first-order valence-electron chi connectivity index (χ1n) is 13.2. The van der Waals surface area contributed by atoms with Gasteiger partial charge in [0.25, 0.3) is 0 Å². The van der Waals surface area contributed by atoms with E-state index in [9.17, 15) is 24.2 Å². The van der Waals surface area contributed by atoms with Gasteiger partial charge in [-0.15, -0.1) is 0 Å². The van der Waals surface area contributed by atoms with Crippen molar-refractivity contribution in [1.29, 1.82) is 0 Å². The number of aromatic amines is 1. The number of carbonyl (C=O) groups is 2. The smallest absolute Gasteiger partial charge is 0.414 e. The first kappa shape index (κ1) is 25.3. The number of hydrogen-bond donors (Lipinski definition) is 3. The van der Waals surface area contributed by atoms with Crippen molar-refractivity contribution in [3.8, 4) is 0 Å². The summed E-state index contributed by atoms with van der Waals surface area (Å²) in [5.74, 6) is -1.55. The van der Waals surface area contributed by atoms with Crippen molar-refractivity contribution >= 4 is 39.7 Å². The lowest BCUT2D eigenvalue weighted by Gasteiger charge is -2.34. The number of benzene rings is 2. The van der Waals surface area contributed by atoms with E-state index in [1.165, 1.54) is 25.4 Å². The van der Waals surface area contributed by atoms with Gasteiger partial charge in [-0.1, -0.05) is 6.42 Å². The number of amides is 1. The van der Waals surface area contributed by atoms with Crippen molar-refractivity contribution in [3.63, 3.8) is 0 Å². The van der Waals surface area contributed by atoms with Gasteiger partial charge in [-0.25, -0.2) is 14.2 Å². The molecule has 1 aliphatic carbocycles. The van der Waals surface area contributed by atoms with Gasteiger partial charge < -0.3 is 19.5 Å². The number of carboxylic acids is 1. The minimum Gasteiger partial charge on any atom is -0.481 e. The molecule has 1 aliphatic heterocycles. The monoisotopic (exact) mass is 535 g/mol. The molecular weight excluding hydrogens is 505 g/mol. The average Bonchev–Trinajstić information content (AvgIpc) is 3.56. The molecular formula is C28H30FN5O5. The van der Waals surface area contributed by atoms with E-state index in [2.05, 4.69) is 10.2 Å². The van der Waals surface area contributed by atoms with Crippen LogP contribution in [0.4, 0.5) is 14.9 Å². The number of methoxy groups -OCH3 is 1. The minimum absolute atomic E-state index is 0.0647. The fourth-order valence-electron chi connectivity index (χ4n) is 6.39. The van der Waals surface area contributed by atoms with Gasteiger partial charge in [0, 0.05) is 28.6 Å². The number of aliphatic carboxylic acids is 1. The quantitative estimate of drug-likeness (QED) is 0.340. The van der Waals surface area contributed by atoms with E-state index in [4.69, 9.17) is 9.72 Å². The fourth-order valence-corrected chi connectivity index (χ4v) is 6.39. The topological polar surface area (TPSA) is 134 Å². The number of hydrogen-bond acceptors (Lipinski definition) is 6. The highest BCUT2D eigenvalue weighted by Gasteiger charge is 2.36. The summed E-state index contributed by atoms with van der Waals surface area (Å²) in [5.41, 5.74) is 3.74. The number of nitrogens with one attached hydrogen (secondary N) is 1. The number of H-pyrrole nitrogens is 1. The molecule has 2 aliphatic rings. The minimum atomic E-state index is -1.31. The summed E-state index contributed by atoms with van der Waals surface area (Å²) >= 11 is 0. The third-order valence-electron chi connectivity index (χ3n) is 8.30. The Hall–Kier alpha value is -3.99. The number of aliphatic hydroxyl groups excluding tert-OH is 1. The summed E-state index contributed by atoms with van der Waals surface area (Å²) in [5, 5.41) is 28.9. The first-order chi connectivity index (χ1) is 18.8. The predicted molar refractivity (Wildman–Crippen MR) is 141 cm³/mol. The van der Waals surface area contributed by atoms with E-state index in [1.807, 2.05) is 23.6 Å². The lowest BCUT2D eigenvalue weighted by atomic mass is 9.85. The zero-order chi connectivity index (χ0) is 27.4. The van der Waals surface area contributed by atoms with Crippen LogP contribution in [0.1, 0.15) is 68.1 Å². The second-order valence-corrected chi connectivity index (χ2v) is 10.6. The molecule has 0 bridgehead atoms. The Morgan fingerprint density at radius 2 is 2.05 bits per heavy atom. The molecule has 4 aromatic rings. The number of aryl methyl sites for hydroxylation is 1. The molecule has 204 valence electrons. The van der Waals surface area contributed by atoms with Crippen LogP contribution in [-0.2, 0) is 16.0 Å². The predicted octanol–water partition coefficient (Wildman–Crippen LogP) is 4.86. The maximum absolute atomic E-state index is 14.6. The van der Waals surface area contributed by atoms with Crippen molar-refractivity contribution < 1.29 is 28.9 Å². The summed E-state index contributed by atoms with van der Waals surface area (Å²) in [6.45, 7) is 1.96. The van der Waals surface area contributed by atoms with Crippen molar-refractivity contribution in [3.05, 3.63) is 53.2 Å². The normalized spacial score (nSPS) is 22.2. The number of ether oxygens (including phenoxy) is 1. The third-order valence-corrected chi connectivity index (χ3v) is 8.30. The molecule has 3 heterocycles. The number of anilines is 1. The Kier molecular flexibility index (Phi) is 6.25. The number of fused-ring (bicyclic) bond motifs is 4. The van der Waals surface area contributed by atoms with E-state index >= 15 is 0 Å². The number of aliphatic hydroxyl groups is 1. The number of halogens is 1. The first-order valence-corrected chi connectivity index (χ1v) is 13.2. The molecule has 0 radical (unpaired) electrons. The second kappa shape index (κ2) is 9.64. The van der Waals surface area contributed by atoms with Crippen LogP contribution in [0, 0.1) is 11.7 Å². The van der Waals surface area contributed by atoms with Gasteiger partial charge >= 0.3 is 12.1 Å². The van der Waals surface area contributed by atoms with Crippen molar-refractivity contribution in [2.45, 2.75) is 63.6 Å². The number of nitrogens with zero attached hydrogens (tertiary/aromatic N) is 4. The number of aromatic nitrogens is 4. The van der Waals surface area contributed by atoms with E-state index < -0.39 is 29.9 Å². The fraction of sp³-hybridized carbons (Fsp3) is 0.429. The molecule has 2 aromatic carbocycles. The Labute approximate surface area is 223 Å². The van der Waals surface area contributed by atoms with Crippen LogP contribution in [0.2, 0.25) is 0 Å². The SMILES string of the molecule is COC(=O)N1c2ccc3c(nc([C@H](O)c4cc(F)cc5cn[nH]c45)n3[C@@H]3CCC[C@@H](C(=O)O)C3)c2CC[C@@H]1C. The molecule has 6 rings (SSSR count). The van der Waals surface area contributed by atoms with Crippen LogP contribution in [-0.4, -0.2) is 55.2 Å². The standard InChI is InChI=1S/C28H30FN5O5/c1-14-6-7-19-21(33(14)28(38)39-2)8-9-22-24(19)31-26(34(22)18-5-3-4-15(11-18)27(36)37)25(35)20-12-17(29)10-16-13-30-32-23(16)20/h8-10,12-15,18,25,35H,3-7,11H2,1-2H3,(H,30,32)(H,36,37)/t14-,15+,18+,25+/m0/s1. The maximum Gasteiger partial charge on any atom is 0.414 e. The average molecular weight is 536 g/mol. The molecule has 4 atom stereocenters. The Bertz CT molecular complexity index is 1600. The van der Waals surface area contributed by atoms with Crippen molar-refractivity contribution in [2.24, 2.45) is 5.92 Å². The highest BCUT2D eigenvalue weighted by Crippen LogP contribution is 2.42. The lowest BCUT2D eigenvalue weighted by Crippen LogP contribution is -2.42. The van der Waals surface area contributed by atoms with Crippen LogP contribution in [0.5, 0.6) is 0 Å². The lowest BCUT2D eigenvalue weighted by molar-refractivity contribution is -0.143. The Morgan fingerprint density at radius 3 is 2.82 bits per heavy atom. The number of carbonyl (C=O) groups excluding carboxylic acids is 1. The van der Waals surface area contributed by atoms with E-state index in [0.29, 0.717) is 59.2 Å². The van der Waals surface area contributed by atoms with Gasteiger partial charge in [0.15, 0.2) is 0 Å². The van der Waals surface area contributed by atoms with Crippen LogP contribution >= 0.6 is 0 Å². The van der Waals surface area contributed by atoms with E-state index in [-0.39, 0.29) is 12.1 Å². The number of carboxylic acid groups (broad SMARTS) is 1. The zero-order valence-corrected chi connectivity index (χ0v) is 21.7. The van der Waals surface area contributed by atoms with Crippen LogP contribution in [0.25, 0.3) is 21.9 Å². The molecule has 0 spiro atoms. The van der Waals surface area contributed by atoms with Gasteiger partial charge in [0.2, 0.25) is 0 Å². The van der Waals surface area contributed by atoms with Gasteiger partial charge in [0.05, 0.1) is 41.5 Å². The van der Waals surface area contributed by atoms with E-state index in [0.717, 1.165) is 23.9 Å².